The van der Waals surface area contributed by atoms with E-state index in [9.17, 15) is 4.79 Å². The largest absolute Gasteiger partial charge is 0.454 e. The van der Waals surface area contributed by atoms with E-state index in [4.69, 9.17) is 32.7 Å². The topological polar surface area (TPSA) is 63.7 Å². The van der Waals surface area contributed by atoms with Crippen molar-refractivity contribution in [2.24, 2.45) is 0 Å². The predicted molar refractivity (Wildman–Crippen MR) is 109 cm³/mol. The summed E-state index contributed by atoms with van der Waals surface area (Å²) in [5, 5.41) is 6.08. The summed E-state index contributed by atoms with van der Waals surface area (Å²) in [7, 11) is 0. The number of benzene rings is 2. The van der Waals surface area contributed by atoms with Crippen LogP contribution in [0.15, 0.2) is 48.0 Å². The summed E-state index contributed by atoms with van der Waals surface area (Å²) in [5.74, 6) is 1.37. The van der Waals surface area contributed by atoms with Gasteiger partial charge in [-0.1, -0.05) is 35.3 Å². The molecular weight excluding hydrogens is 421 g/mol. The number of halogens is 2. The lowest BCUT2D eigenvalue weighted by molar-refractivity contribution is 0.174. The van der Waals surface area contributed by atoms with Crippen LogP contribution in [0.25, 0.3) is 0 Å². The van der Waals surface area contributed by atoms with E-state index in [1.807, 2.05) is 24.3 Å². The van der Waals surface area contributed by atoms with Crippen LogP contribution in [0.4, 0.5) is 9.93 Å². The highest BCUT2D eigenvalue weighted by atomic mass is 35.5. The van der Waals surface area contributed by atoms with Gasteiger partial charge in [0.25, 0.3) is 0 Å². The van der Waals surface area contributed by atoms with Crippen molar-refractivity contribution in [3.63, 3.8) is 0 Å². The van der Waals surface area contributed by atoms with Gasteiger partial charge in [-0.05, 0) is 35.4 Å². The van der Waals surface area contributed by atoms with Crippen molar-refractivity contribution < 1.29 is 14.3 Å². The quantitative estimate of drug-likeness (QED) is 0.581. The zero-order chi connectivity index (χ0) is 19.5. The number of urea groups is 1. The Bertz CT molecular complexity index is 998. The number of aromatic nitrogens is 1. The highest BCUT2D eigenvalue weighted by Crippen LogP contribution is 2.33. The van der Waals surface area contributed by atoms with Crippen LogP contribution in [-0.2, 0) is 13.1 Å². The number of rotatable bonds is 5. The Morgan fingerprint density at radius 2 is 1.82 bits per heavy atom. The van der Waals surface area contributed by atoms with Crippen LogP contribution < -0.4 is 14.8 Å². The molecule has 4 rings (SSSR count). The Balaban J connectivity index is 1.56. The standard InChI is InChI=1S/C19H15Cl2N3O3S/c20-14-3-1-12(7-15(14)21)9-24(19(25)23-18-22-5-6-28-18)10-13-2-4-16-17(8-13)27-11-26-16/h1-8H,9-11H2,(H,22,23,25). The number of anilines is 1. The summed E-state index contributed by atoms with van der Waals surface area (Å²) in [5.41, 5.74) is 1.78. The van der Waals surface area contributed by atoms with E-state index in [2.05, 4.69) is 10.3 Å². The van der Waals surface area contributed by atoms with Gasteiger partial charge in [-0.15, -0.1) is 11.3 Å². The molecule has 6 nitrogen and oxygen atoms in total. The molecule has 0 aliphatic carbocycles. The maximum atomic E-state index is 12.9. The van der Waals surface area contributed by atoms with E-state index in [0.717, 1.165) is 11.1 Å². The predicted octanol–water partition coefficient (Wildman–Crippen LogP) is 5.41. The molecule has 0 radical (unpaired) electrons. The molecule has 0 saturated heterocycles. The van der Waals surface area contributed by atoms with Crippen molar-refractivity contribution in [1.29, 1.82) is 0 Å². The molecule has 3 aromatic rings. The molecule has 0 bridgehead atoms. The van der Waals surface area contributed by atoms with Crippen LogP contribution in [0.5, 0.6) is 11.5 Å². The van der Waals surface area contributed by atoms with Crippen molar-refractivity contribution in [3.05, 3.63) is 69.1 Å². The highest BCUT2D eigenvalue weighted by molar-refractivity contribution is 7.13. The zero-order valence-electron chi connectivity index (χ0n) is 14.5. The van der Waals surface area contributed by atoms with Crippen molar-refractivity contribution >= 4 is 45.7 Å². The SMILES string of the molecule is O=C(Nc1nccs1)N(Cc1ccc(Cl)c(Cl)c1)Cc1ccc2c(c1)OCO2. The number of nitrogens with zero attached hydrogens (tertiary/aromatic N) is 2. The second kappa shape index (κ2) is 8.26. The van der Waals surface area contributed by atoms with Gasteiger partial charge in [0.1, 0.15) is 0 Å². The molecule has 0 atom stereocenters. The minimum atomic E-state index is -0.265. The van der Waals surface area contributed by atoms with Gasteiger partial charge in [-0.3, -0.25) is 5.32 Å². The van der Waals surface area contributed by atoms with Gasteiger partial charge in [0.15, 0.2) is 16.6 Å². The highest BCUT2D eigenvalue weighted by Gasteiger charge is 2.19. The van der Waals surface area contributed by atoms with E-state index >= 15 is 0 Å². The first-order valence-electron chi connectivity index (χ1n) is 8.36. The number of hydrogen-bond acceptors (Lipinski definition) is 5. The van der Waals surface area contributed by atoms with Gasteiger partial charge in [0.05, 0.1) is 10.0 Å². The number of ether oxygens (including phenoxy) is 2. The first kappa shape index (κ1) is 18.9. The second-order valence-corrected chi connectivity index (χ2v) is 7.77. The molecule has 144 valence electrons. The number of nitrogens with one attached hydrogen (secondary N) is 1. The minimum Gasteiger partial charge on any atom is -0.454 e. The van der Waals surface area contributed by atoms with Crippen LogP contribution in [0.2, 0.25) is 10.0 Å². The molecule has 0 unspecified atom stereocenters. The maximum Gasteiger partial charge on any atom is 0.324 e. The Labute approximate surface area is 175 Å². The smallest absolute Gasteiger partial charge is 0.324 e. The monoisotopic (exact) mass is 435 g/mol. The van der Waals surface area contributed by atoms with Gasteiger partial charge in [-0.2, -0.15) is 0 Å². The number of carbonyl (C=O) groups excluding carboxylic acids is 1. The van der Waals surface area contributed by atoms with Gasteiger partial charge >= 0.3 is 6.03 Å². The number of thiazole rings is 1. The molecule has 1 N–H and O–H groups in total. The van der Waals surface area contributed by atoms with Crippen LogP contribution in [0.3, 0.4) is 0 Å². The molecule has 9 heteroatoms. The maximum absolute atomic E-state index is 12.9. The van der Waals surface area contributed by atoms with E-state index < -0.39 is 0 Å². The normalized spacial score (nSPS) is 12.1. The third kappa shape index (κ3) is 4.32. The summed E-state index contributed by atoms with van der Waals surface area (Å²) in [6, 6.07) is 10.7. The number of carbonyl (C=O) groups is 1. The van der Waals surface area contributed by atoms with Crippen molar-refractivity contribution in [3.8, 4) is 11.5 Å². The van der Waals surface area contributed by atoms with Crippen LogP contribution in [0, 0.1) is 0 Å². The van der Waals surface area contributed by atoms with Crippen LogP contribution in [-0.4, -0.2) is 22.7 Å². The number of fused-ring (bicyclic) bond motifs is 1. The van der Waals surface area contributed by atoms with Crippen molar-refractivity contribution in [1.82, 2.24) is 9.88 Å². The summed E-state index contributed by atoms with van der Waals surface area (Å²) < 4.78 is 10.8. The Morgan fingerprint density at radius 3 is 2.57 bits per heavy atom. The van der Waals surface area contributed by atoms with E-state index in [1.54, 1.807) is 28.6 Å². The van der Waals surface area contributed by atoms with Gasteiger partial charge in [0, 0.05) is 24.7 Å². The van der Waals surface area contributed by atoms with Gasteiger partial charge in [-0.25, -0.2) is 9.78 Å². The molecule has 0 spiro atoms. The van der Waals surface area contributed by atoms with Crippen molar-refractivity contribution in [2.75, 3.05) is 12.1 Å². The molecule has 1 aliphatic heterocycles. The fourth-order valence-corrected chi connectivity index (χ4v) is 3.61. The summed E-state index contributed by atoms with van der Waals surface area (Å²) in [6.07, 6.45) is 1.64. The molecule has 1 aromatic heterocycles. The number of amides is 2. The summed E-state index contributed by atoms with van der Waals surface area (Å²) in [4.78, 5) is 18.6. The zero-order valence-corrected chi connectivity index (χ0v) is 16.9. The fourth-order valence-electron chi connectivity index (χ4n) is 2.77. The third-order valence-electron chi connectivity index (χ3n) is 4.10. The molecule has 1 aliphatic rings. The molecule has 2 aromatic carbocycles. The summed E-state index contributed by atoms with van der Waals surface area (Å²) in [6.45, 7) is 0.924. The third-order valence-corrected chi connectivity index (χ3v) is 5.53. The molecule has 2 amide bonds. The average molecular weight is 436 g/mol. The lowest BCUT2D eigenvalue weighted by Gasteiger charge is -2.23. The Hall–Kier alpha value is -2.48. The van der Waals surface area contributed by atoms with Gasteiger partial charge in [0.2, 0.25) is 6.79 Å². The second-order valence-electron chi connectivity index (χ2n) is 6.06. The van der Waals surface area contributed by atoms with Crippen LogP contribution >= 0.6 is 34.5 Å². The summed E-state index contributed by atoms with van der Waals surface area (Å²) >= 11 is 13.5. The molecule has 0 fully saturated rings. The molecule has 2 heterocycles. The average Bonchev–Trinajstić information content (AvgIpc) is 3.35. The Morgan fingerprint density at radius 1 is 1.07 bits per heavy atom. The first-order chi connectivity index (χ1) is 13.6. The van der Waals surface area contributed by atoms with E-state index in [0.29, 0.717) is 39.8 Å². The number of hydrogen-bond donors (Lipinski definition) is 1. The van der Waals surface area contributed by atoms with Gasteiger partial charge < -0.3 is 14.4 Å². The van der Waals surface area contributed by atoms with E-state index in [-0.39, 0.29) is 12.8 Å². The first-order valence-corrected chi connectivity index (χ1v) is 10.00. The van der Waals surface area contributed by atoms with Crippen molar-refractivity contribution in [2.45, 2.75) is 13.1 Å². The molecule has 28 heavy (non-hydrogen) atoms. The molecular formula is C19H15Cl2N3O3S. The lowest BCUT2D eigenvalue weighted by Crippen LogP contribution is -2.34. The fraction of sp³-hybridized carbons (Fsp3) is 0.158. The Kier molecular flexibility index (Phi) is 5.57. The van der Waals surface area contributed by atoms with Crippen LogP contribution in [0.1, 0.15) is 11.1 Å². The minimum absolute atomic E-state index is 0.205. The molecule has 0 saturated carbocycles. The van der Waals surface area contributed by atoms with E-state index in [1.165, 1.54) is 11.3 Å². The lowest BCUT2D eigenvalue weighted by atomic mass is 10.1.